The summed E-state index contributed by atoms with van der Waals surface area (Å²) in [7, 11) is -4.34. The molecule has 4 rings (SSSR count). The quantitative estimate of drug-likeness (QED) is 0.198. The van der Waals surface area contributed by atoms with Crippen LogP contribution in [-0.2, 0) is 32.6 Å². The highest BCUT2D eigenvalue weighted by Crippen LogP contribution is 2.27. The lowest BCUT2D eigenvalue weighted by Crippen LogP contribution is -2.53. The molecule has 0 spiro atoms. The van der Waals surface area contributed by atoms with Gasteiger partial charge in [0.2, 0.25) is 11.8 Å². The summed E-state index contributed by atoms with van der Waals surface area (Å²) in [4.78, 5) is 29.3. The maximum atomic E-state index is 14.4. The standard InChI is InChI=1S/C35H38FN3O5S/c1-4-37-35(41)33(23-27-12-7-6-8-13-27)38(24-28-14-10-9-11-26(28)3)34(40)25-39(30-17-19-31(20-18-30)44-5-2)45(42,43)32-21-15-29(36)16-22-32/h6-22,33H,4-5,23-25H2,1-3H3,(H,37,41)/t33-/m1/s1. The summed E-state index contributed by atoms with van der Waals surface area (Å²) in [5.41, 5.74) is 2.80. The van der Waals surface area contributed by atoms with Crippen LogP contribution in [0.15, 0.2) is 108 Å². The van der Waals surface area contributed by atoms with Crippen molar-refractivity contribution >= 4 is 27.5 Å². The summed E-state index contributed by atoms with van der Waals surface area (Å²) in [6.07, 6.45) is 0.220. The van der Waals surface area contributed by atoms with E-state index < -0.39 is 34.3 Å². The number of nitrogens with one attached hydrogen (secondary N) is 1. The van der Waals surface area contributed by atoms with Gasteiger partial charge in [0, 0.05) is 19.5 Å². The van der Waals surface area contributed by atoms with E-state index in [1.807, 2.05) is 68.4 Å². The van der Waals surface area contributed by atoms with Gasteiger partial charge in [0.05, 0.1) is 17.2 Å². The number of sulfonamides is 1. The van der Waals surface area contributed by atoms with Crippen molar-refractivity contribution in [2.24, 2.45) is 0 Å². The molecule has 45 heavy (non-hydrogen) atoms. The Hall–Kier alpha value is -4.70. The molecule has 0 heterocycles. The molecular weight excluding hydrogens is 593 g/mol. The van der Waals surface area contributed by atoms with Crippen LogP contribution in [0.2, 0.25) is 0 Å². The summed E-state index contributed by atoms with van der Waals surface area (Å²) in [5, 5.41) is 2.85. The molecule has 0 aliphatic heterocycles. The minimum Gasteiger partial charge on any atom is -0.494 e. The largest absolute Gasteiger partial charge is 0.494 e. The van der Waals surface area contributed by atoms with E-state index in [4.69, 9.17) is 4.74 Å². The Morgan fingerprint density at radius 1 is 0.867 bits per heavy atom. The molecule has 0 aromatic heterocycles. The number of ether oxygens (including phenoxy) is 1. The first-order valence-corrected chi connectivity index (χ1v) is 16.2. The van der Waals surface area contributed by atoms with E-state index >= 15 is 0 Å². The van der Waals surface area contributed by atoms with E-state index in [9.17, 15) is 22.4 Å². The molecule has 0 saturated heterocycles. The topological polar surface area (TPSA) is 96.0 Å². The van der Waals surface area contributed by atoms with Gasteiger partial charge in [-0.3, -0.25) is 13.9 Å². The molecule has 8 nitrogen and oxygen atoms in total. The van der Waals surface area contributed by atoms with Crippen LogP contribution in [0.1, 0.15) is 30.5 Å². The zero-order valence-corrected chi connectivity index (χ0v) is 26.5. The fourth-order valence-electron chi connectivity index (χ4n) is 4.95. The molecule has 0 bridgehead atoms. The second-order valence-corrected chi connectivity index (χ2v) is 12.3. The van der Waals surface area contributed by atoms with Gasteiger partial charge in [-0.05, 0) is 86.0 Å². The lowest BCUT2D eigenvalue weighted by Gasteiger charge is -2.34. The number of likely N-dealkylation sites (N-methyl/N-ethyl adjacent to an activating group) is 1. The predicted octanol–water partition coefficient (Wildman–Crippen LogP) is 5.50. The van der Waals surface area contributed by atoms with Crippen LogP contribution < -0.4 is 14.4 Å². The molecule has 4 aromatic rings. The molecule has 1 atom stereocenters. The van der Waals surface area contributed by atoms with Crippen molar-refractivity contribution in [2.45, 2.75) is 44.7 Å². The van der Waals surface area contributed by atoms with E-state index in [2.05, 4.69) is 5.32 Å². The molecule has 0 unspecified atom stereocenters. The number of anilines is 1. The third-order valence-electron chi connectivity index (χ3n) is 7.34. The predicted molar refractivity (Wildman–Crippen MR) is 173 cm³/mol. The van der Waals surface area contributed by atoms with E-state index in [1.54, 1.807) is 31.2 Å². The summed E-state index contributed by atoms with van der Waals surface area (Å²) in [6, 6.07) is 26.7. The van der Waals surface area contributed by atoms with E-state index in [0.717, 1.165) is 45.3 Å². The molecule has 0 radical (unpaired) electrons. The normalized spacial score (nSPS) is 11.8. The van der Waals surface area contributed by atoms with Crippen LogP contribution in [-0.4, -0.2) is 50.9 Å². The van der Waals surface area contributed by atoms with Crippen LogP contribution in [0, 0.1) is 12.7 Å². The minimum absolute atomic E-state index is 0.0772. The van der Waals surface area contributed by atoms with Crippen LogP contribution >= 0.6 is 0 Å². The second kappa shape index (κ2) is 15.3. The fourth-order valence-corrected chi connectivity index (χ4v) is 6.37. The molecule has 0 fully saturated rings. The Balaban J connectivity index is 1.80. The van der Waals surface area contributed by atoms with E-state index in [0.29, 0.717) is 18.9 Å². The van der Waals surface area contributed by atoms with Gasteiger partial charge in [-0.2, -0.15) is 0 Å². The van der Waals surface area contributed by atoms with Gasteiger partial charge in [-0.1, -0.05) is 54.6 Å². The van der Waals surface area contributed by atoms with Crippen molar-refractivity contribution in [2.75, 3.05) is 24.0 Å². The Bertz CT molecular complexity index is 1680. The van der Waals surface area contributed by atoms with Gasteiger partial charge in [0.15, 0.2) is 0 Å². The Morgan fingerprint density at radius 3 is 2.13 bits per heavy atom. The lowest BCUT2D eigenvalue weighted by atomic mass is 10.0. The monoisotopic (exact) mass is 631 g/mol. The zero-order chi connectivity index (χ0) is 32.4. The van der Waals surface area contributed by atoms with Crippen LogP contribution in [0.5, 0.6) is 5.75 Å². The molecule has 2 amide bonds. The van der Waals surface area contributed by atoms with E-state index in [1.165, 1.54) is 4.90 Å². The van der Waals surface area contributed by atoms with Crippen molar-refractivity contribution < 1.29 is 27.1 Å². The van der Waals surface area contributed by atoms with Crippen LogP contribution in [0.4, 0.5) is 10.1 Å². The van der Waals surface area contributed by atoms with Gasteiger partial charge in [0.25, 0.3) is 10.0 Å². The summed E-state index contributed by atoms with van der Waals surface area (Å²) < 4.78 is 48.4. The highest BCUT2D eigenvalue weighted by atomic mass is 32.2. The summed E-state index contributed by atoms with van der Waals surface area (Å²) in [5.74, 6) is -0.984. The number of carbonyl (C=O) groups is 2. The first kappa shape index (κ1) is 33.2. The third-order valence-corrected chi connectivity index (χ3v) is 9.13. The lowest BCUT2D eigenvalue weighted by molar-refractivity contribution is -0.140. The van der Waals surface area contributed by atoms with Crippen molar-refractivity contribution in [1.82, 2.24) is 10.2 Å². The maximum Gasteiger partial charge on any atom is 0.264 e. The van der Waals surface area contributed by atoms with Crippen LogP contribution in [0.3, 0.4) is 0 Å². The third kappa shape index (κ3) is 8.48. The van der Waals surface area contributed by atoms with Crippen molar-refractivity contribution in [1.29, 1.82) is 0 Å². The number of hydrogen-bond donors (Lipinski definition) is 1. The molecule has 1 N–H and O–H groups in total. The SMILES string of the molecule is CCNC(=O)[C@@H](Cc1ccccc1)N(Cc1ccccc1C)C(=O)CN(c1ccc(OCC)cc1)S(=O)(=O)c1ccc(F)cc1. The molecular formula is C35H38FN3O5S. The zero-order valence-electron chi connectivity index (χ0n) is 25.6. The molecule has 10 heteroatoms. The van der Waals surface area contributed by atoms with Gasteiger partial charge in [-0.15, -0.1) is 0 Å². The van der Waals surface area contributed by atoms with Crippen LogP contribution in [0.25, 0.3) is 0 Å². The van der Waals surface area contributed by atoms with Crippen molar-refractivity contribution in [3.8, 4) is 5.75 Å². The number of halogens is 1. The first-order chi connectivity index (χ1) is 21.6. The maximum absolute atomic E-state index is 14.4. The molecule has 0 aliphatic rings. The number of rotatable bonds is 14. The number of benzene rings is 4. The number of nitrogens with zero attached hydrogens (tertiary/aromatic N) is 2. The Kier molecular flexibility index (Phi) is 11.3. The molecule has 0 aliphatic carbocycles. The highest BCUT2D eigenvalue weighted by molar-refractivity contribution is 7.92. The van der Waals surface area contributed by atoms with E-state index in [-0.39, 0.29) is 29.5 Å². The Morgan fingerprint density at radius 2 is 1.51 bits per heavy atom. The Labute approximate surface area is 264 Å². The number of carbonyl (C=O) groups excluding carboxylic acids is 2. The smallest absolute Gasteiger partial charge is 0.264 e. The number of aryl methyl sites for hydroxylation is 1. The van der Waals surface area contributed by atoms with Crippen molar-refractivity contribution in [3.05, 3.63) is 126 Å². The second-order valence-electron chi connectivity index (χ2n) is 10.4. The summed E-state index contributed by atoms with van der Waals surface area (Å²) >= 11 is 0. The average molecular weight is 632 g/mol. The van der Waals surface area contributed by atoms with Gasteiger partial charge in [-0.25, -0.2) is 12.8 Å². The van der Waals surface area contributed by atoms with Gasteiger partial charge >= 0.3 is 0 Å². The fraction of sp³-hybridized carbons (Fsp3) is 0.257. The number of hydrogen-bond acceptors (Lipinski definition) is 5. The average Bonchev–Trinajstić information content (AvgIpc) is 3.03. The summed E-state index contributed by atoms with van der Waals surface area (Å²) in [6.45, 7) is 5.80. The molecule has 4 aromatic carbocycles. The van der Waals surface area contributed by atoms with Gasteiger partial charge < -0.3 is 15.0 Å². The molecule has 236 valence electrons. The van der Waals surface area contributed by atoms with Gasteiger partial charge in [0.1, 0.15) is 24.2 Å². The number of amides is 2. The first-order valence-electron chi connectivity index (χ1n) is 14.8. The highest BCUT2D eigenvalue weighted by Gasteiger charge is 2.34. The minimum atomic E-state index is -4.34. The van der Waals surface area contributed by atoms with Crippen molar-refractivity contribution in [3.63, 3.8) is 0 Å². The molecule has 0 saturated carbocycles.